The summed E-state index contributed by atoms with van der Waals surface area (Å²) in [5.74, 6) is 0. The lowest BCUT2D eigenvalue weighted by Crippen LogP contribution is -1.83. The van der Waals surface area contributed by atoms with E-state index < -0.39 is 0 Å². The molecule has 2 aromatic rings. The minimum Gasteiger partial charge on any atom is -0.0985 e. The van der Waals surface area contributed by atoms with E-state index in [1.807, 2.05) is 42.5 Å². The van der Waals surface area contributed by atoms with Gasteiger partial charge >= 0.3 is 0 Å². The molecule has 2 rings (SSSR count). The van der Waals surface area contributed by atoms with Crippen molar-refractivity contribution in [2.24, 2.45) is 0 Å². The van der Waals surface area contributed by atoms with Crippen LogP contribution in [0, 0.1) is 0 Å². The molecule has 0 aliphatic heterocycles. The third kappa shape index (κ3) is 6.05. The summed E-state index contributed by atoms with van der Waals surface area (Å²) in [6.07, 6.45) is 5.63. The normalized spacial score (nSPS) is 9.17. The van der Waals surface area contributed by atoms with E-state index in [2.05, 4.69) is 37.8 Å². The average molecular weight is 238 g/mol. The zero-order valence-corrected chi connectivity index (χ0v) is 11.2. The fourth-order valence-corrected chi connectivity index (χ4v) is 1.59. The zero-order chi connectivity index (χ0) is 13.1. The molecule has 0 radical (unpaired) electrons. The molecule has 0 atom stereocenters. The van der Waals surface area contributed by atoms with Crippen LogP contribution in [-0.2, 0) is 6.42 Å². The highest BCUT2D eigenvalue weighted by Crippen LogP contribution is 2.08. The van der Waals surface area contributed by atoms with E-state index in [1.165, 1.54) is 30.4 Å². The standard InChI is InChI=1S/C12H16.C6H6/c1-3-5-6-12-9-7-11(4-2)8-10-12;1-2-4-6-5-3-1/h4,7-10H,2-3,5-6H2,1H3;1-6H. The second-order valence-electron chi connectivity index (χ2n) is 4.20. The van der Waals surface area contributed by atoms with Crippen molar-refractivity contribution < 1.29 is 0 Å². The van der Waals surface area contributed by atoms with Gasteiger partial charge in [-0.15, -0.1) is 0 Å². The molecule has 0 heterocycles. The van der Waals surface area contributed by atoms with Gasteiger partial charge in [0.15, 0.2) is 0 Å². The van der Waals surface area contributed by atoms with Gasteiger partial charge in [-0.1, -0.05) is 86.7 Å². The van der Waals surface area contributed by atoms with Crippen molar-refractivity contribution in [3.63, 3.8) is 0 Å². The summed E-state index contributed by atoms with van der Waals surface area (Å²) in [5, 5.41) is 0. The Morgan fingerprint density at radius 2 is 1.39 bits per heavy atom. The van der Waals surface area contributed by atoms with Crippen molar-refractivity contribution in [1.82, 2.24) is 0 Å². The molecular formula is C18H22. The zero-order valence-electron chi connectivity index (χ0n) is 11.2. The maximum Gasteiger partial charge on any atom is -0.0262 e. The molecule has 0 aliphatic carbocycles. The lowest BCUT2D eigenvalue weighted by atomic mass is 10.1. The maximum atomic E-state index is 3.72. The Hall–Kier alpha value is -1.82. The largest absolute Gasteiger partial charge is 0.0985 e. The van der Waals surface area contributed by atoms with Gasteiger partial charge in [0.2, 0.25) is 0 Å². The molecule has 2 aromatic carbocycles. The van der Waals surface area contributed by atoms with Crippen LogP contribution < -0.4 is 0 Å². The second-order valence-corrected chi connectivity index (χ2v) is 4.20. The fraction of sp³-hybridized carbons (Fsp3) is 0.222. The van der Waals surface area contributed by atoms with E-state index in [9.17, 15) is 0 Å². The number of hydrogen-bond donors (Lipinski definition) is 0. The molecule has 94 valence electrons. The SMILES string of the molecule is C=Cc1ccc(CCCC)cc1.c1ccccc1. The highest BCUT2D eigenvalue weighted by Gasteiger charge is 1.90. The Balaban J connectivity index is 0.000000225. The van der Waals surface area contributed by atoms with Gasteiger partial charge in [0.1, 0.15) is 0 Å². The smallest absolute Gasteiger partial charge is 0.0262 e. The molecule has 0 N–H and O–H groups in total. The van der Waals surface area contributed by atoms with Crippen LogP contribution in [0.2, 0.25) is 0 Å². The molecule has 0 unspecified atom stereocenters. The number of rotatable bonds is 4. The first-order valence-corrected chi connectivity index (χ1v) is 6.58. The molecule has 0 spiro atoms. The van der Waals surface area contributed by atoms with Crippen LogP contribution in [0.3, 0.4) is 0 Å². The quantitative estimate of drug-likeness (QED) is 0.672. The number of unbranched alkanes of at least 4 members (excludes halogenated alkanes) is 1. The van der Waals surface area contributed by atoms with Gasteiger partial charge in [0.25, 0.3) is 0 Å². The molecule has 0 saturated heterocycles. The van der Waals surface area contributed by atoms with Gasteiger partial charge in [-0.25, -0.2) is 0 Å². The van der Waals surface area contributed by atoms with Crippen LogP contribution in [0.5, 0.6) is 0 Å². The molecule has 0 nitrogen and oxygen atoms in total. The Labute approximate surface area is 111 Å². The predicted molar refractivity (Wildman–Crippen MR) is 81.6 cm³/mol. The van der Waals surface area contributed by atoms with Crippen LogP contribution in [-0.4, -0.2) is 0 Å². The summed E-state index contributed by atoms with van der Waals surface area (Å²) in [6, 6.07) is 20.6. The summed E-state index contributed by atoms with van der Waals surface area (Å²) < 4.78 is 0. The van der Waals surface area contributed by atoms with Gasteiger partial charge in [-0.05, 0) is 24.0 Å². The monoisotopic (exact) mass is 238 g/mol. The van der Waals surface area contributed by atoms with Crippen LogP contribution in [0.4, 0.5) is 0 Å². The maximum absolute atomic E-state index is 3.72. The van der Waals surface area contributed by atoms with E-state index in [4.69, 9.17) is 0 Å². The topological polar surface area (TPSA) is 0 Å². The lowest BCUT2D eigenvalue weighted by molar-refractivity contribution is 0.795. The number of aryl methyl sites for hydroxylation is 1. The first-order valence-electron chi connectivity index (χ1n) is 6.58. The fourth-order valence-electron chi connectivity index (χ4n) is 1.59. The number of hydrogen-bond acceptors (Lipinski definition) is 0. The van der Waals surface area contributed by atoms with E-state index in [0.29, 0.717) is 0 Å². The third-order valence-corrected chi connectivity index (χ3v) is 2.70. The van der Waals surface area contributed by atoms with Gasteiger partial charge in [0.05, 0.1) is 0 Å². The van der Waals surface area contributed by atoms with Crippen molar-refractivity contribution in [2.75, 3.05) is 0 Å². The van der Waals surface area contributed by atoms with Crippen LogP contribution in [0.1, 0.15) is 30.9 Å². The van der Waals surface area contributed by atoms with Gasteiger partial charge in [-0.2, -0.15) is 0 Å². The minimum atomic E-state index is 1.20. The molecular weight excluding hydrogens is 216 g/mol. The molecule has 0 saturated carbocycles. The van der Waals surface area contributed by atoms with Gasteiger partial charge in [-0.3, -0.25) is 0 Å². The average Bonchev–Trinajstić information content (AvgIpc) is 2.48. The Morgan fingerprint density at radius 3 is 1.78 bits per heavy atom. The van der Waals surface area contributed by atoms with Crippen LogP contribution in [0.25, 0.3) is 6.08 Å². The summed E-state index contributed by atoms with van der Waals surface area (Å²) in [5.41, 5.74) is 2.64. The molecule has 0 aromatic heterocycles. The molecule has 0 aliphatic rings. The van der Waals surface area contributed by atoms with Crippen molar-refractivity contribution in [1.29, 1.82) is 0 Å². The summed E-state index contributed by atoms with van der Waals surface area (Å²) in [6.45, 7) is 5.94. The third-order valence-electron chi connectivity index (χ3n) is 2.70. The van der Waals surface area contributed by atoms with E-state index >= 15 is 0 Å². The Kier molecular flexibility index (Phi) is 7.31. The summed E-state index contributed by atoms with van der Waals surface area (Å²) >= 11 is 0. The highest BCUT2D eigenvalue weighted by atomic mass is 14.0. The number of benzene rings is 2. The van der Waals surface area contributed by atoms with Gasteiger partial charge in [0, 0.05) is 0 Å². The van der Waals surface area contributed by atoms with Crippen molar-refractivity contribution >= 4 is 6.08 Å². The van der Waals surface area contributed by atoms with Crippen molar-refractivity contribution in [3.05, 3.63) is 78.4 Å². The van der Waals surface area contributed by atoms with E-state index in [1.54, 1.807) is 0 Å². The Morgan fingerprint density at radius 1 is 0.889 bits per heavy atom. The first-order chi connectivity index (χ1) is 8.86. The lowest BCUT2D eigenvalue weighted by Gasteiger charge is -1.99. The molecule has 18 heavy (non-hydrogen) atoms. The molecule has 0 amide bonds. The van der Waals surface area contributed by atoms with E-state index in [-0.39, 0.29) is 0 Å². The second kappa shape index (κ2) is 9.23. The minimum absolute atomic E-state index is 1.20. The van der Waals surface area contributed by atoms with E-state index in [0.717, 1.165) is 0 Å². The van der Waals surface area contributed by atoms with Crippen molar-refractivity contribution in [2.45, 2.75) is 26.2 Å². The molecule has 0 bridgehead atoms. The van der Waals surface area contributed by atoms with Crippen LogP contribution in [0.15, 0.2) is 67.2 Å². The molecule has 0 heteroatoms. The summed E-state index contributed by atoms with van der Waals surface area (Å²) in [7, 11) is 0. The Bertz CT molecular complexity index is 385. The van der Waals surface area contributed by atoms with Crippen LogP contribution >= 0.6 is 0 Å². The predicted octanol–water partition coefficient (Wildman–Crippen LogP) is 5.36. The van der Waals surface area contributed by atoms with Crippen molar-refractivity contribution in [3.8, 4) is 0 Å². The summed E-state index contributed by atoms with van der Waals surface area (Å²) in [4.78, 5) is 0. The molecule has 0 fully saturated rings. The first kappa shape index (κ1) is 14.2. The van der Waals surface area contributed by atoms with Gasteiger partial charge < -0.3 is 0 Å². The highest BCUT2D eigenvalue weighted by molar-refractivity contribution is 5.47.